The minimum absolute atomic E-state index is 0.0637. The van der Waals surface area contributed by atoms with Crippen LogP contribution in [-0.2, 0) is 11.2 Å². The molecule has 0 aliphatic carbocycles. The molecule has 24 heavy (non-hydrogen) atoms. The van der Waals surface area contributed by atoms with Crippen LogP contribution in [0.5, 0.6) is 0 Å². The molecule has 0 aromatic heterocycles. The van der Waals surface area contributed by atoms with Gasteiger partial charge in [-0.2, -0.15) is 0 Å². The van der Waals surface area contributed by atoms with Gasteiger partial charge >= 0.3 is 0 Å². The highest BCUT2D eigenvalue weighted by Gasteiger charge is 2.25. The molecule has 2 amide bonds. The van der Waals surface area contributed by atoms with Gasteiger partial charge in [0.05, 0.1) is 5.75 Å². The first-order chi connectivity index (χ1) is 11.3. The number of carbonyl (C=O) groups excluding carboxylic acids is 2. The van der Waals surface area contributed by atoms with Crippen molar-refractivity contribution in [3.05, 3.63) is 35.4 Å². The average Bonchev–Trinajstić information content (AvgIpc) is 2.58. The zero-order valence-electron chi connectivity index (χ0n) is 15.2. The first kappa shape index (κ1) is 18.8. The fourth-order valence-corrected chi connectivity index (χ4v) is 3.33. The van der Waals surface area contributed by atoms with Crippen LogP contribution in [0.15, 0.2) is 24.3 Å². The summed E-state index contributed by atoms with van der Waals surface area (Å²) < 4.78 is 0.0953. The summed E-state index contributed by atoms with van der Waals surface area (Å²) in [6.07, 6.45) is 0.974. The van der Waals surface area contributed by atoms with Gasteiger partial charge in [0.25, 0.3) is 5.91 Å². The Morgan fingerprint density at radius 2 is 1.54 bits per heavy atom. The molecule has 0 bridgehead atoms. The molecule has 1 saturated heterocycles. The Morgan fingerprint density at radius 1 is 1.00 bits per heavy atom. The van der Waals surface area contributed by atoms with Crippen molar-refractivity contribution in [2.45, 2.75) is 38.9 Å². The fourth-order valence-electron chi connectivity index (χ4n) is 2.59. The van der Waals surface area contributed by atoms with Crippen molar-refractivity contribution in [3.8, 4) is 0 Å². The number of piperazine rings is 1. The summed E-state index contributed by atoms with van der Waals surface area (Å²) in [5, 5.41) is 0. The lowest BCUT2D eigenvalue weighted by atomic mass is 10.1. The summed E-state index contributed by atoms with van der Waals surface area (Å²) in [7, 11) is 0. The highest BCUT2D eigenvalue weighted by atomic mass is 32.2. The van der Waals surface area contributed by atoms with E-state index in [0.29, 0.717) is 31.9 Å². The number of rotatable bonds is 4. The fraction of sp³-hybridized carbons (Fsp3) is 0.579. The van der Waals surface area contributed by atoms with E-state index in [4.69, 9.17) is 0 Å². The maximum absolute atomic E-state index is 12.6. The third kappa shape index (κ3) is 5.26. The largest absolute Gasteiger partial charge is 0.338 e. The second kappa shape index (κ2) is 8.06. The first-order valence-corrected chi connectivity index (χ1v) is 9.58. The van der Waals surface area contributed by atoms with Crippen LogP contribution in [0.2, 0.25) is 0 Å². The Kier molecular flexibility index (Phi) is 6.33. The quantitative estimate of drug-likeness (QED) is 0.840. The molecule has 1 heterocycles. The smallest absolute Gasteiger partial charge is 0.253 e. The molecule has 0 radical (unpaired) electrons. The van der Waals surface area contributed by atoms with Crippen molar-refractivity contribution in [1.82, 2.24) is 9.80 Å². The molecular formula is C19H28N2O2S. The number of aryl methyl sites for hydroxylation is 1. The Morgan fingerprint density at radius 3 is 2.04 bits per heavy atom. The molecule has 132 valence electrons. The van der Waals surface area contributed by atoms with Crippen molar-refractivity contribution in [2.75, 3.05) is 31.9 Å². The van der Waals surface area contributed by atoms with Gasteiger partial charge in [-0.15, -0.1) is 11.8 Å². The number of amides is 2. The highest BCUT2D eigenvalue weighted by molar-refractivity contribution is 8.01. The van der Waals surface area contributed by atoms with Crippen LogP contribution >= 0.6 is 11.8 Å². The van der Waals surface area contributed by atoms with Gasteiger partial charge in [0, 0.05) is 36.5 Å². The van der Waals surface area contributed by atoms with E-state index in [1.54, 1.807) is 11.8 Å². The Labute approximate surface area is 149 Å². The molecule has 4 nitrogen and oxygen atoms in total. The average molecular weight is 349 g/mol. The van der Waals surface area contributed by atoms with E-state index in [1.165, 1.54) is 5.56 Å². The van der Waals surface area contributed by atoms with Crippen LogP contribution in [0.25, 0.3) is 0 Å². The third-order valence-corrected chi connectivity index (χ3v) is 5.41. The van der Waals surface area contributed by atoms with Gasteiger partial charge in [-0.25, -0.2) is 0 Å². The van der Waals surface area contributed by atoms with Gasteiger partial charge in [-0.05, 0) is 24.1 Å². The summed E-state index contributed by atoms with van der Waals surface area (Å²) in [6, 6.07) is 7.82. The van der Waals surface area contributed by atoms with Gasteiger partial charge in [0.2, 0.25) is 5.91 Å². The summed E-state index contributed by atoms with van der Waals surface area (Å²) in [4.78, 5) is 28.5. The van der Waals surface area contributed by atoms with Crippen LogP contribution in [0.1, 0.15) is 43.6 Å². The number of hydrogen-bond donors (Lipinski definition) is 0. The zero-order valence-corrected chi connectivity index (χ0v) is 16.0. The minimum atomic E-state index is 0.0637. The molecule has 0 saturated carbocycles. The van der Waals surface area contributed by atoms with E-state index in [-0.39, 0.29) is 16.6 Å². The molecule has 1 aromatic carbocycles. The van der Waals surface area contributed by atoms with E-state index in [9.17, 15) is 9.59 Å². The first-order valence-electron chi connectivity index (χ1n) is 8.60. The standard InChI is InChI=1S/C19H28N2O2S/c1-5-15-6-8-16(9-7-15)18(23)21-12-10-20(11-13-21)17(22)14-24-19(2,3)4/h6-9H,5,10-14H2,1-4H3. The van der Waals surface area contributed by atoms with Crippen molar-refractivity contribution < 1.29 is 9.59 Å². The summed E-state index contributed by atoms with van der Waals surface area (Å²) in [5.41, 5.74) is 1.97. The molecule has 1 aliphatic heterocycles. The maximum atomic E-state index is 12.6. The van der Waals surface area contributed by atoms with Gasteiger partial charge in [-0.1, -0.05) is 39.8 Å². The minimum Gasteiger partial charge on any atom is -0.338 e. The second-order valence-corrected chi connectivity index (χ2v) is 8.93. The van der Waals surface area contributed by atoms with Crippen molar-refractivity contribution in [1.29, 1.82) is 0 Å². The molecule has 1 fully saturated rings. The predicted octanol–water partition coefficient (Wildman–Crippen LogP) is 3.07. The normalized spacial score (nSPS) is 15.5. The van der Waals surface area contributed by atoms with Crippen LogP contribution in [0.4, 0.5) is 0 Å². The monoisotopic (exact) mass is 348 g/mol. The lowest BCUT2D eigenvalue weighted by Crippen LogP contribution is -2.51. The van der Waals surface area contributed by atoms with E-state index in [0.717, 1.165) is 12.0 Å². The zero-order chi connectivity index (χ0) is 17.7. The Hall–Kier alpha value is -1.49. The molecule has 0 spiro atoms. The molecular weight excluding hydrogens is 320 g/mol. The number of hydrogen-bond acceptors (Lipinski definition) is 3. The van der Waals surface area contributed by atoms with Crippen molar-refractivity contribution >= 4 is 23.6 Å². The third-order valence-electron chi connectivity index (χ3n) is 4.16. The number of benzene rings is 1. The summed E-state index contributed by atoms with van der Waals surface area (Å²) in [5.74, 6) is 0.749. The van der Waals surface area contributed by atoms with Crippen LogP contribution in [0.3, 0.4) is 0 Å². The van der Waals surface area contributed by atoms with Crippen LogP contribution in [-0.4, -0.2) is 58.3 Å². The predicted molar refractivity (Wildman–Crippen MR) is 101 cm³/mol. The highest BCUT2D eigenvalue weighted by Crippen LogP contribution is 2.23. The molecule has 1 aliphatic rings. The molecule has 0 N–H and O–H groups in total. The van der Waals surface area contributed by atoms with Gasteiger partial charge < -0.3 is 9.80 Å². The Bertz CT molecular complexity index is 570. The van der Waals surface area contributed by atoms with E-state index < -0.39 is 0 Å². The maximum Gasteiger partial charge on any atom is 0.253 e. The van der Waals surface area contributed by atoms with Gasteiger partial charge in [-0.3, -0.25) is 9.59 Å². The second-order valence-electron chi connectivity index (χ2n) is 7.12. The molecule has 1 aromatic rings. The topological polar surface area (TPSA) is 40.6 Å². The molecule has 0 unspecified atom stereocenters. The molecule has 0 atom stereocenters. The Balaban J connectivity index is 1.85. The van der Waals surface area contributed by atoms with Crippen LogP contribution < -0.4 is 0 Å². The number of nitrogens with zero attached hydrogens (tertiary/aromatic N) is 2. The lowest BCUT2D eigenvalue weighted by Gasteiger charge is -2.35. The number of carbonyl (C=O) groups is 2. The van der Waals surface area contributed by atoms with Crippen molar-refractivity contribution in [2.24, 2.45) is 0 Å². The van der Waals surface area contributed by atoms with Gasteiger partial charge in [0.1, 0.15) is 0 Å². The van der Waals surface area contributed by atoms with E-state index in [1.807, 2.05) is 34.1 Å². The summed E-state index contributed by atoms with van der Waals surface area (Å²) in [6.45, 7) is 10.9. The van der Waals surface area contributed by atoms with Gasteiger partial charge in [0.15, 0.2) is 0 Å². The van der Waals surface area contributed by atoms with Crippen molar-refractivity contribution in [3.63, 3.8) is 0 Å². The van der Waals surface area contributed by atoms with Crippen LogP contribution in [0, 0.1) is 0 Å². The molecule has 5 heteroatoms. The lowest BCUT2D eigenvalue weighted by molar-refractivity contribution is -0.129. The summed E-state index contributed by atoms with van der Waals surface area (Å²) >= 11 is 1.67. The number of thioether (sulfide) groups is 1. The SMILES string of the molecule is CCc1ccc(C(=O)N2CCN(C(=O)CSC(C)(C)C)CC2)cc1. The van der Waals surface area contributed by atoms with E-state index in [2.05, 4.69) is 27.7 Å². The molecule has 2 rings (SSSR count). The van der Waals surface area contributed by atoms with E-state index >= 15 is 0 Å².